The Morgan fingerprint density at radius 2 is 0.882 bits per heavy atom. The molecule has 0 radical (unpaired) electrons. The van der Waals surface area contributed by atoms with Gasteiger partial charge in [0.05, 0.1) is 52.3 Å². The van der Waals surface area contributed by atoms with Crippen LogP contribution < -0.4 is 21.3 Å². The molecule has 2 aromatic heterocycles. The Bertz CT molecular complexity index is 6610. The molecular formula is C110H118B2Br2F3IN12O14. The van der Waals surface area contributed by atoms with Crippen LogP contribution >= 0.6 is 54.5 Å². The van der Waals surface area contributed by atoms with Crippen LogP contribution in [0.1, 0.15) is 259 Å². The van der Waals surface area contributed by atoms with Gasteiger partial charge in [-0.15, -0.1) is 32.7 Å². The lowest BCUT2D eigenvalue weighted by atomic mass is 9.49. The molecule has 6 aliphatic rings. The van der Waals surface area contributed by atoms with E-state index in [-0.39, 0.29) is 51.3 Å². The summed E-state index contributed by atoms with van der Waals surface area (Å²) < 4.78 is 64.0. The number of esters is 1. The Balaban J connectivity index is 0.000000165. The number of nitrogens with one attached hydrogen (secondary N) is 4. The summed E-state index contributed by atoms with van der Waals surface area (Å²) in [4.78, 5) is 88.9. The monoisotopic (exact) mass is 2190 g/mol. The van der Waals surface area contributed by atoms with Crippen LogP contribution in [0.25, 0.3) is 55.4 Å². The number of benzene rings is 10. The predicted octanol–water partition coefficient (Wildman–Crippen LogP) is 25.5. The van der Waals surface area contributed by atoms with Gasteiger partial charge >= 0.3 is 38.1 Å². The minimum atomic E-state index is -5.08. The van der Waals surface area contributed by atoms with Crippen molar-refractivity contribution in [2.45, 2.75) is 239 Å². The molecule has 0 atom stereocenters. The minimum absolute atomic E-state index is 0.0772. The normalized spacial score (nSPS) is 15.5. The fourth-order valence-electron chi connectivity index (χ4n) is 15.6. The number of aryl methyl sites for hydroxylation is 2. The smallest absolute Gasteiger partial charge is 0.478 e. The second kappa shape index (κ2) is 48.6. The molecule has 4 heterocycles. The third-order valence-corrected chi connectivity index (χ3v) is 27.5. The van der Waals surface area contributed by atoms with Crippen molar-refractivity contribution < 1.29 is 80.3 Å². The maximum Gasteiger partial charge on any atom is 0.490 e. The number of hydrogen-bond donors (Lipinski definition) is 6. The van der Waals surface area contributed by atoms with Gasteiger partial charge in [-0.2, -0.15) is 22.8 Å². The number of aliphatic carboxylic acids is 1. The van der Waals surface area contributed by atoms with Crippen LogP contribution in [0.3, 0.4) is 0 Å². The topological polar surface area (TPSA) is 341 Å². The number of carboxylic acid groups (broad SMARTS) is 2. The van der Waals surface area contributed by atoms with E-state index in [0.29, 0.717) is 72.7 Å². The predicted molar refractivity (Wildman–Crippen MR) is 570 cm³/mol. The quantitative estimate of drug-likeness (QED) is 0.00872. The van der Waals surface area contributed by atoms with Gasteiger partial charge in [0.25, 0.3) is 23.6 Å². The number of hydrogen-bond acceptors (Lipinski definition) is 18. The number of terminal acetylenes is 1. The number of amides is 4. The van der Waals surface area contributed by atoms with Gasteiger partial charge in [-0.05, 0) is 343 Å². The van der Waals surface area contributed by atoms with Crippen molar-refractivity contribution in [1.82, 2.24) is 40.4 Å². The number of halogens is 6. The van der Waals surface area contributed by atoms with E-state index in [2.05, 4.69) is 124 Å². The lowest BCUT2D eigenvalue weighted by Crippen LogP contribution is -2.41. The number of nitrogens with zero attached hydrogens (tertiary/aromatic N) is 8. The molecule has 144 heavy (non-hydrogen) atoms. The van der Waals surface area contributed by atoms with E-state index in [4.69, 9.17) is 39.7 Å². The van der Waals surface area contributed by atoms with Gasteiger partial charge in [0.2, 0.25) is 11.6 Å². The fourth-order valence-corrected chi connectivity index (χ4v) is 17.3. The molecule has 12 aromatic rings. The average Bonchev–Trinajstić information content (AvgIpc) is 1.58. The highest BCUT2D eigenvalue weighted by molar-refractivity contribution is 14.1. The number of tetrazole rings is 2. The van der Waals surface area contributed by atoms with Crippen LogP contribution in [0.5, 0.6) is 0 Å². The minimum Gasteiger partial charge on any atom is -0.478 e. The third-order valence-electron chi connectivity index (χ3n) is 25.7. The van der Waals surface area contributed by atoms with Crippen molar-refractivity contribution in [3.8, 4) is 58.1 Å². The van der Waals surface area contributed by atoms with Crippen LogP contribution in [0, 0.1) is 51.4 Å². The lowest BCUT2D eigenvalue weighted by molar-refractivity contribution is -0.192. The molecule has 18 rings (SSSR count). The molecule has 4 aliphatic carbocycles. The van der Waals surface area contributed by atoms with Crippen LogP contribution in [0.2, 0.25) is 0 Å². The molecule has 2 aliphatic heterocycles. The van der Waals surface area contributed by atoms with Crippen molar-refractivity contribution in [2.75, 3.05) is 21.3 Å². The number of carbonyl (C=O) groups excluding carboxylic acids is 5. The van der Waals surface area contributed by atoms with E-state index in [1.807, 2.05) is 191 Å². The first-order valence-corrected chi connectivity index (χ1v) is 51.0. The van der Waals surface area contributed by atoms with Crippen LogP contribution in [-0.4, -0.2) is 140 Å². The Labute approximate surface area is 868 Å². The number of unbranched alkanes of at least 4 members (excludes halogenated alkanes) is 2. The van der Waals surface area contributed by atoms with E-state index in [1.54, 1.807) is 94.5 Å². The number of aromatic nitrogens is 8. The molecule has 750 valence electrons. The standard InChI is InChI=1S/C46H42N6O4.C22H20BrNO3.C20H19BrIN5O.C12H24B2O4.C8H12.C2HF3O2/c53-44(36-22-27-39(35(29-36)9-3-1-2-7-30-14-15-30)43-49-51-52(50-43)28-6-8-31-16-17-31)47-37-23-18-32(19-24-37)33-20-25-38(26-21-33)48-45(54)40-12-4-10-34-11-5-13-41(42(34)40)46(55)56;1-22(2,3)27-21(26)18-9-5-7-14-6-4-8-17(19(14)18)20(25)24-16-12-10-15(23)11-13-16;21-17-12-16(22)9-10-18(17)23-20(28)15-7-5-14(6-8-15)19-24-26-27(25-19)11-1-2-13-3-4-13;1-9(2)10(3,4)16-13(15-9)14-17-11(5,6)12(7,8)18-14;1-2-3-4-5-8-6-7-8;3-2(4,5)1(6)7/h4-5,10-13,18-27,29-31H,1-2,6-8,14-17,28H2,(H,47,53)(H,48,54)(H,55,56);4-13H,1-3H3,(H,24,25);5-10,12-13H,1-4,11H2,(H,23,28);1-8H3;1,8H,3-7H2;(H,6,7). The summed E-state index contributed by atoms with van der Waals surface area (Å²) in [6.07, 6.45) is 22.3. The van der Waals surface area contributed by atoms with Crippen molar-refractivity contribution in [2.24, 2.45) is 23.7 Å². The Morgan fingerprint density at radius 3 is 1.32 bits per heavy atom. The van der Waals surface area contributed by atoms with Gasteiger partial charge in [0.15, 0.2) is 0 Å². The maximum atomic E-state index is 13.5. The summed E-state index contributed by atoms with van der Waals surface area (Å²) in [5.74, 6) is 8.70. The first-order valence-electron chi connectivity index (χ1n) is 48.4. The maximum absolute atomic E-state index is 13.5. The van der Waals surface area contributed by atoms with Crippen LogP contribution in [0.15, 0.2) is 215 Å². The van der Waals surface area contributed by atoms with Crippen molar-refractivity contribution in [3.05, 3.63) is 258 Å². The number of carbonyl (C=O) groups is 7. The van der Waals surface area contributed by atoms with Gasteiger partial charge in [0, 0.05) is 92.1 Å². The molecule has 0 unspecified atom stereocenters. The van der Waals surface area contributed by atoms with Gasteiger partial charge in [0.1, 0.15) is 5.60 Å². The highest BCUT2D eigenvalue weighted by Crippen LogP contribution is 2.45. The van der Waals surface area contributed by atoms with Crippen molar-refractivity contribution in [1.29, 1.82) is 0 Å². The van der Waals surface area contributed by atoms with Gasteiger partial charge in [-0.1, -0.05) is 164 Å². The number of rotatable bonds is 28. The Kier molecular flexibility index (Phi) is 36.8. The van der Waals surface area contributed by atoms with E-state index >= 15 is 0 Å². The van der Waals surface area contributed by atoms with E-state index in [1.165, 1.54) is 89.5 Å². The summed E-state index contributed by atoms with van der Waals surface area (Å²) in [7, 11) is -0.952. The zero-order valence-corrected chi connectivity index (χ0v) is 87.8. The summed E-state index contributed by atoms with van der Waals surface area (Å²) in [6, 6.07) is 61.6. The number of alkyl halides is 3. The second-order valence-corrected chi connectivity index (χ2v) is 42.5. The lowest BCUT2D eigenvalue weighted by Gasteiger charge is -2.32. The molecule has 6 fully saturated rings. The van der Waals surface area contributed by atoms with Crippen molar-refractivity contribution in [3.63, 3.8) is 0 Å². The number of ether oxygens (including phenoxy) is 1. The summed E-state index contributed by atoms with van der Waals surface area (Å²) in [5.41, 5.74) is 6.98. The zero-order chi connectivity index (χ0) is 103. The highest BCUT2D eigenvalue weighted by atomic mass is 127. The van der Waals surface area contributed by atoms with E-state index in [9.17, 15) is 47.0 Å². The number of aromatic carboxylic acids is 1. The van der Waals surface area contributed by atoms with Gasteiger partial charge < -0.3 is 54.8 Å². The molecule has 4 amide bonds. The molecule has 26 nitrogen and oxygen atoms in total. The molecule has 34 heteroatoms. The summed E-state index contributed by atoms with van der Waals surface area (Å²) in [5, 5.41) is 57.0. The molecule has 6 N–H and O–H groups in total. The average molecular weight is 2200 g/mol. The molecule has 4 saturated carbocycles. The Morgan fingerprint density at radius 1 is 0.486 bits per heavy atom. The molecule has 10 aromatic carbocycles. The number of anilines is 4. The third kappa shape index (κ3) is 31.4. The largest absolute Gasteiger partial charge is 0.490 e. The number of carboxylic acids is 2. The fraction of sp³-hybridized carbons (Fsp3) is 0.373. The number of fused-ring (bicyclic) bond motifs is 2. The first kappa shape index (κ1) is 109. The summed E-state index contributed by atoms with van der Waals surface area (Å²) >= 11 is 9.08. The SMILES string of the molecule is C#CCCCC1CC1.CC(C)(C)OC(=O)c1cccc2cccc(C(=O)Nc3ccc(Br)cc3)c12.CC1(C)OB(B2OC(C)(C)C(C)(C)O2)OC1(C)C.O=C(Nc1ccc(-c2ccc(NC(=O)c3cccc4cccc(C(=O)O)c34)cc2)cc1)c1ccc(-c2nnn(CCCC3CC3)n2)c(C#CCCCC2CC2)c1.O=C(Nc1ccc(I)cc1Br)c1ccc(-c2nnn(CCCC3CC3)n2)cc1.O=C(O)C(F)(F)F. The van der Waals surface area contributed by atoms with Crippen LogP contribution in [-0.2, 0) is 41.2 Å². The molecular weight excluding hydrogens is 2080 g/mol. The zero-order valence-electron chi connectivity index (χ0n) is 82.5. The highest BCUT2D eigenvalue weighted by Gasteiger charge is 2.64. The summed E-state index contributed by atoms with van der Waals surface area (Å²) in [6.45, 7) is 23.2. The van der Waals surface area contributed by atoms with Gasteiger partial charge in [-0.3, -0.25) is 19.2 Å². The first-order chi connectivity index (χ1) is 68.5. The Hall–Kier alpha value is -12.3. The second-order valence-electron chi connectivity index (χ2n) is 39.5. The van der Waals surface area contributed by atoms with Crippen LogP contribution in [0.4, 0.5) is 35.9 Å². The molecule has 2 saturated heterocycles. The van der Waals surface area contributed by atoms with E-state index < -0.39 is 49.6 Å². The molecule has 0 spiro atoms. The van der Waals surface area contributed by atoms with Gasteiger partial charge in [-0.25, -0.2) is 14.4 Å². The molecule has 0 bridgehead atoms. The van der Waals surface area contributed by atoms with Crippen molar-refractivity contribution >= 4 is 154 Å². The van der Waals surface area contributed by atoms with E-state index in [0.717, 1.165) is 115 Å².